The molecule has 1 aromatic heterocycles. The second kappa shape index (κ2) is 4.11. The van der Waals surface area contributed by atoms with Gasteiger partial charge in [0.2, 0.25) is 0 Å². The molecule has 0 aliphatic carbocycles. The fourth-order valence-electron chi connectivity index (χ4n) is 2.23. The smallest absolute Gasteiger partial charge is 0.128 e. The first-order valence-electron chi connectivity index (χ1n) is 5.80. The summed E-state index contributed by atoms with van der Waals surface area (Å²) in [7, 11) is 1.68. The number of methoxy groups -OCH3 is 1. The average Bonchev–Trinajstić information content (AvgIpc) is 2.83. The number of rotatable bonds is 2. The highest BCUT2D eigenvalue weighted by molar-refractivity contribution is 5.88. The molecule has 3 rings (SSSR count). The molecule has 18 heavy (non-hydrogen) atoms. The van der Waals surface area contributed by atoms with E-state index in [4.69, 9.17) is 10.5 Å². The van der Waals surface area contributed by atoms with Crippen molar-refractivity contribution in [2.24, 2.45) is 0 Å². The van der Waals surface area contributed by atoms with Gasteiger partial charge in [0, 0.05) is 11.6 Å². The van der Waals surface area contributed by atoms with E-state index in [1.54, 1.807) is 7.11 Å². The number of hydrogen-bond donors (Lipinski definition) is 1. The molecule has 0 aliphatic rings. The molecule has 0 bridgehead atoms. The van der Waals surface area contributed by atoms with Crippen molar-refractivity contribution in [3.63, 3.8) is 0 Å². The normalized spacial score (nSPS) is 10.7. The molecule has 0 saturated heterocycles. The van der Waals surface area contributed by atoms with Crippen molar-refractivity contribution in [1.29, 1.82) is 0 Å². The Hall–Kier alpha value is -2.42. The Morgan fingerprint density at radius 1 is 1.00 bits per heavy atom. The standard InChI is InChI=1S/C15H14N2O/c1-18-15-8-4-7-13-11(15)9-10-17(13)14-6-3-2-5-12(14)16/h2-10H,16H2,1H3. The van der Waals surface area contributed by atoms with Crippen LogP contribution in [0.15, 0.2) is 54.7 Å². The maximum Gasteiger partial charge on any atom is 0.128 e. The van der Waals surface area contributed by atoms with Gasteiger partial charge in [0.15, 0.2) is 0 Å². The van der Waals surface area contributed by atoms with Crippen molar-refractivity contribution in [1.82, 2.24) is 4.57 Å². The topological polar surface area (TPSA) is 40.2 Å². The fraction of sp³-hybridized carbons (Fsp3) is 0.0667. The lowest BCUT2D eigenvalue weighted by Gasteiger charge is -2.09. The Balaban J connectivity index is 2.29. The fourth-order valence-corrected chi connectivity index (χ4v) is 2.23. The molecule has 1 heterocycles. The quantitative estimate of drug-likeness (QED) is 0.696. The van der Waals surface area contributed by atoms with Gasteiger partial charge in [0.25, 0.3) is 0 Å². The zero-order chi connectivity index (χ0) is 12.5. The summed E-state index contributed by atoms with van der Waals surface area (Å²) in [5.41, 5.74) is 8.86. The van der Waals surface area contributed by atoms with Gasteiger partial charge in [-0.1, -0.05) is 18.2 Å². The van der Waals surface area contributed by atoms with Gasteiger partial charge in [-0.05, 0) is 30.3 Å². The third-order valence-electron chi connectivity index (χ3n) is 3.11. The Morgan fingerprint density at radius 3 is 2.61 bits per heavy atom. The first-order valence-corrected chi connectivity index (χ1v) is 5.80. The van der Waals surface area contributed by atoms with Gasteiger partial charge in [-0.2, -0.15) is 0 Å². The van der Waals surface area contributed by atoms with E-state index < -0.39 is 0 Å². The molecule has 2 N–H and O–H groups in total. The minimum atomic E-state index is 0.762. The maximum atomic E-state index is 6.02. The van der Waals surface area contributed by atoms with E-state index in [-0.39, 0.29) is 0 Å². The number of nitrogen functional groups attached to an aromatic ring is 1. The predicted molar refractivity (Wildman–Crippen MR) is 74.2 cm³/mol. The number of nitrogens with two attached hydrogens (primary N) is 1. The van der Waals surface area contributed by atoms with E-state index in [9.17, 15) is 0 Å². The molecule has 3 nitrogen and oxygen atoms in total. The third kappa shape index (κ3) is 1.52. The first-order chi connectivity index (χ1) is 8.81. The molecule has 0 unspecified atom stereocenters. The molecule has 0 spiro atoms. The molecule has 3 heteroatoms. The van der Waals surface area contributed by atoms with Gasteiger partial charge in [-0.15, -0.1) is 0 Å². The molecular weight excluding hydrogens is 224 g/mol. The summed E-state index contributed by atoms with van der Waals surface area (Å²) in [5.74, 6) is 0.876. The lowest BCUT2D eigenvalue weighted by Crippen LogP contribution is -1.97. The van der Waals surface area contributed by atoms with Crippen LogP contribution in [-0.4, -0.2) is 11.7 Å². The summed E-state index contributed by atoms with van der Waals surface area (Å²) < 4.78 is 7.44. The first kappa shape index (κ1) is 10.7. The number of nitrogens with zero attached hydrogens (tertiary/aromatic N) is 1. The molecular formula is C15H14N2O. The molecule has 0 radical (unpaired) electrons. The minimum Gasteiger partial charge on any atom is -0.496 e. The van der Waals surface area contributed by atoms with Crippen LogP contribution < -0.4 is 10.5 Å². The average molecular weight is 238 g/mol. The lowest BCUT2D eigenvalue weighted by molar-refractivity contribution is 0.420. The van der Waals surface area contributed by atoms with Crippen molar-refractivity contribution >= 4 is 16.6 Å². The number of hydrogen-bond acceptors (Lipinski definition) is 2. The number of benzene rings is 2. The van der Waals surface area contributed by atoms with Crippen LogP contribution in [0.25, 0.3) is 16.6 Å². The number of aromatic nitrogens is 1. The summed E-state index contributed by atoms with van der Waals surface area (Å²) in [4.78, 5) is 0. The minimum absolute atomic E-state index is 0.762. The van der Waals surface area contributed by atoms with Crippen LogP contribution in [0.3, 0.4) is 0 Å². The van der Waals surface area contributed by atoms with Crippen molar-refractivity contribution < 1.29 is 4.74 Å². The van der Waals surface area contributed by atoms with Crippen LogP contribution in [0, 0.1) is 0 Å². The third-order valence-corrected chi connectivity index (χ3v) is 3.11. The van der Waals surface area contributed by atoms with E-state index >= 15 is 0 Å². The van der Waals surface area contributed by atoms with Crippen LogP contribution >= 0.6 is 0 Å². The van der Waals surface area contributed by atoms with E-state index in [1.165, 1.54) is 0 Å². The van der Waals surface area contributed by atoms with E-state index in [0.717, 1.165) is 28.0 Å². The SMILES string of the molecule is COc1cccc2c1ccn2-c1ccccc1N. The Labute approximate surface area is 105 Å². The monoisotopic (exact) mass is 238 g/mol. The zero-order valence-electron chi connectivity index (χ0n) is 10.1. The van der Waals surface area contributed by atoms with Gasteiger partial charge in [-0.3, -0.25) is 0 Å². The predicted octanol–water partition coefficient (Wildman–Crippen LogP) is 3.22. The van der Waals surface area contributed by atoms with Gasteiger partial charge in [0.1, 0.15) is 5.75 Å². The van der Waals surface area contributed by atoms with Crippen molar-refractivity contribution in [3.8, 4) is 11.4 Å². The van der Waals surface area contributed by atoms with Crippen LogP contribution in [0.1, 0.15) is 0 Å². The molecule has 0 fully saturated rings. The number of fused-ring (bicyclic) bond motifs is 1. The van der Waals surface area contributed by atoms with E-state index in [0.29, 0.717) is 0 Å². The van der Waals surface area contributed by atoms with Crippen LogP contribution in [0.2, 0.25) is 0 Å². The van der Waals surface area contributed by atoms with Crippen molar-refractivity contribution in [2.45, 2.75) is 0 Å². The van der Waals surface area contributed by atoms with E-state index in [2.05, 4.69) is 10.6 Å². The number of para-hydroxylation sites is 2. The summed E-state index contributed by atoms with van der Waals surface area (Å²) >= 11 is 0. The number of anilines is 1. The number of ether oxygens (including phenoxy) is 1. The molecule has 3 aromatic rings. The maximum absolute atomic E-state index is 6.02. The van der Waals surface area contributed by atoms with Crippen molar-refractivity contribution in [3.05, 3.63) is 54.7 Å². The second-order valence-electron chi connectivity index (χ2n) is 4.14. The van der Waals surface area contributed by atoms with E-state index in [1.807, 2.05) is 48.7 Å². The molecule has 0 saturated carbocycles. The highest BCUT2D eigenvalue weighted by Crippen LogP contribution is 2.29. The molecule has 0 amide bonds. The summed E-state index contributed by atoms with van der Waals surface area (Å²) in [6, 6.07) is 15.9. The zero-order valence-corrected chi connectivity index (χ0v) is 10.1. The largest absolute Gasteiger partial charge is 0.496 e. The van der Waals surface area contributed by atoms with Crippen LogP contribution in [0.5, 0.6) is 5.75 Å². The summed E-state index contributed by atoms with van der Waals surface area (Å²) in [5, 5.41) is 1.09. The van der Waals surface area contributed by atoms with Gasteiger partial charge >= 0.3 is 0 Å². The Morgan fingerprint density at radius 2 is 1.83 bits per heavy atom. The molecule has 2 aromatic carbocycles. The highest BCUT2D eigenvalue weighted by atomic mass is 16.5. The van der Waals surface area contributed by atoms with Crippen LogP contribution in [-0.2, 0) is 0 Å². The lowest BCUT2D eigenvalue weighted by atomic mass is 10.2. The highest BCUT2D eigenvalue weighted by Gasteiger charge is 2.08. The molecule has 0 atom stereocenters. The van der Waals surface area contributed by atoms with Gasteiger partial charge < -0.3 is 15.0 Å². The summed E-state index contributed by atoms with van der Waals surface area (Å²) in [6.07, 6.45) is 2.01. The Bertz CT molecular complexity index is 701. The van der Waals surface area contributed by atoms with Crippen molar-refractivity contribution in [2.75, 3.05) is 12.8 Å². The molecule has 90 valence electrons. The second-order valence-corrected chi connectivity index (χ2v) is 4.14. The van der Waals surface area contributed by atoms with Crippen LogP contribution in [0.4, 0.5) is 5.69 Å². The molecule has 0 aliphatic heterocycles. The van der Waals surface area contributed by atoms with Gasteiger partial charge in [0.05, 0.1) is 24.0 Å². The Kier molecular flexibility index (Phi) is 2.45. The summed E-state index contributed by atoms with van der Waals surface area (Å²) in [6.45, 7) is 0. The van der Waals surface area contributed by atoms with Gasteiger partial charge in [-0.25, -0.2) is 0 Å².